The molecule has 6 heteroatoms. The minimum absolute atomic E-state index is 0.121. The number of ether oxygens (including phenoxy) is 3. The largest absolute Gasteiger partial charge is 0.496 e. The van der Waals surface area contributed by atoms with Crippen molar-refractivity contribution < 1.29 is 24.4 Å². The number of benzene rings is 3. The number of aliphatic hydroxyl groups is 2. The molecule has 0 saturated heterocycles. The number of methoxy groups -OCH3 is 1. The summed E-state index contributed by atoms with van der Waals surface area (Å²) >= 11 is 0. The lowest BCUT2D eigenvalue weighted by atomic mass is 9.95. The Kier molecular flexibility index (Phi) is 7.85. The molecule has 0 fully saturated rings. The lowest BCUT2D eigenvalue weighted by molar-refractivity contribution is 0.170. The average Bonchev–Trinajstić information content (AvgIpc) is 2.88. The minimum Gasteiger partial charge on any atom is -0.496 e. The van der Waals surface area contributed by atoms with Crippen LogP contribution < -0.4 is 19.5 Å². The van der Waals surface area contributed by atoms with Crippen LogP contribution in [0.15, 0.2) is 54.6 Å². The Morgan fingerprint density at radius 1 is 0.971 bits per heavy atom. The molecule has 6 nitrogen and oxygen atoms in total. The van der Waals surface area contributed by atoms with E-state index in [1.807, 2.05) is 30.3 Å². The van der Waals surface area contributed by atoms with Gasteiger partial charge in [-0.15, -0.1) is 0 Å². The van der Waals surface area contributed by atoms with E-state index in [0.29, 0.717) is 19.8 Å². The van der Waals surface area contributed by atoms with Gasteiger partial charge in [-0.3, -0.25) is 0 Å². The molecule has 0 bridgehead atoms. The molecule has 0 aliphatic carbocycles. The predicted molar refractivity (Wildman–Crippen MR) is 134 cm³/mol. The number of nitrogens with one attached hydrogen (secondary N) is 1. The lowest BCUT2D eigenvalue weighted by Gasteiger charge is -2.19. The fourth-order valence-electron chi connectivity index (χ4n) is 4.00. The molecule has 34 heavy (non-hydrogen) atoms. The first-order chi connectivity index (χ1) is 16.6. The van der Waals surface area contributed by atoms with E-state index in [0.717, 1.165) is 45.1 Å². The third kappa shape index (κ3) is 5.42. The van der Waals surface area contributed by atoms with Gasteiger partial charge < -0.3 is 29.7 Å². The molecule has 178 valence electrons. The van der Waals surface area contributed by atoms with E-state index in [2.05, 4.69) is 48.7 Å². The molecule has 1 aliphatic rings. The molecule has 4 rings (SSSR count). The van der Waals surface area contributed by atoms with Gasteiger partial charge in [0.05, 0.1) is 26.4 Å². The van der Waals surface area contributed by atoms with Gasteiger partial charge in [-0.2, -0.15) is 0 Å². The highest BCUT2D eigenvalue weighted by Gasteiger charge is 2.14. The monoisotopic (exact) mass is 461 g/mol. The number of hydrogen-bond donors (Lipinski definition) is 3. The Hall–Kier alpha value is -3.32. The van der Waals surface area contributed by atoms with Crippen LogP contribution in [0.4, 0.5) is 0 Å². The van der Waals surface area contributed by atoms with Crippen LogP contribution in [0.5, 0.6) is 17.2 Å². The van der Waals surface area contributed by atoms with Crippen molar-refractivity contribution in [1.82, 2.24) is 5.32 Å². The van der Waals surface area contributed by atoms with Crippen molar-refractivity contribution in [3.05, 3.63) is 76.9 Å². The number of hydrogen-bond acceptors (Lipinski definition) is 6. The van der Waals surface area contributed by atoms with Gasteiger partial charge in [0.25, 0.3) is 0 Å². The molecule has 3 aromatic carbocycles. The van der Waals surface area contributed by atoms with Gasteiger partial charge in [-0.1, -0.05) is 48.6 Å². The van der Waals surface area contributed by atoms with Gasteiger partial charge in [0, 0.05) is 12.1 Å². The van der Waals surface area contributed by atoms with Crippen LogP contribution in [-0.4, -0.2) is 49.8 Å². The van der Waals surface area contributed by atoms with Crippen molar-refractivity contribution in [2.75, 3.05) is 33.5 Å². The molecule has 0 atom stereocenters. The summed E-state index contributed by atoms with van der Waals surface area (Å²) in [4.78, 5) is 0. The van der Waals surface area contributed by atoms with Gasteiger partial charge in [-0.25, -0.2) is 0 Å². The van der Waals surface area contributed by atoms with Gasteiger partial charge in [0.15, 0.2) is 11.5 Å². The van der Waals surface area contributed by atoms with E-state index < -0.39 is 0 Å². The summed E-state index contributed by atoms with van der Waals surface area (Å²) in [6.45, 7) is 3.53. The minimum atomic E-state index is -0.353. The smallest absolute Gasteiger partial charge is 0.161 e. The van der Waals surface area contributed by atoms with Gasteiger partial charge in [-0.05, 0) is 52.9 Å². The van der Waals surface area contributed by atoms with Crippen molar-refractivity contribution in [2.24, 2.45) is 0 Å². The first-order valence-electron chi connectivity index (χ1n) is 11.4. The molecule has 0 radical (unpaired) electrons. The van der Waals surface area contributed by atoms with Crippen molar-refractivity contribution in [3.8, 4) is 28.4 Å². The maximum Gasteiger partial charge on any atom is 0.161 e. The second-order valence-corrected chi connectivity index (χ2v) is 8.23. The summed E-state index contributed by atoms with van der Waals surface area (Å²) in [6, 6.07) is 18.0. The highest BCUT2D eigenvalue weighted by atomic mass is 16.6. The third-order valence-corrected chi connectivity index (χ3v) is 6.02. The van der Waals surface area contributed by atoms with Crippen LogP contribution in [0, 0.1) is 6.92 Å². The summed E-state index contributed by atoms with van der Waals surface area (Å²) < 4.78 is 17.0. The summed E-state index contributed by atoms with van der Waals surface area (Å²) in [5, 5.41) is 21.6. The zero-order valence-electron chi connectivity index (χ0n) is 19.6. The summed E-state index contributed by atoms with van der Waals surface area (Å²) in [6.07, 6.45) is 4.18. The van der Waals surface area contributed by atoms with Crippen molar-refractivity contribution in [3.63, 3.8) is 0 Å². The zero-order chi connectivity index (χ0) is 23.9. The Balaban J connectivity index is 1.54. The summed E-state index contributed by atoms with van der Waals surface area (Å²) in [5.74, 6) is 2.33. The van der Waals surface area contributed by atoms with Gasteiger partial charge >= 0.3 is 0 Å². The van der Waals surface area contributed by atoms with Crippen LogP contribution >= 0.6 is 0 Å². The van der Waals surface area contributed by atoms with Crippen molar-refractivity contribution in [1.29, 1.82) is 0 Å². The molecular formula is C28H31NO5. The van der Waals surface area contributed by atoms with Crippen LogP contribution in [0.3, 0.4) is 0 Å². The highest BCUT2D eigenvalue weighted by molar-refractivity contribution is 5.78. The molecule has 1 heterocycles. The van der Waals surface area contributed by atoms with Gasteiger partial charge in [0.2, 0.25) is 0 Å². The number of aliphatic hydroxyl groups excluding tert-OH is 2. The quantitative estimate of drug-likeness (QED) is 0.417. The first kappa shape index (κ1) is 23.8. The SMILES string of the molecule is COc1cc(/C=C/c2cccc(-c3ccc4c(c3)OCCO4)c2C)ccc1CNC(CO)CO. The fourth-order valence-corrected chi connectivity index (χ4v) is 4.00. The maximum atomic E-state index is 9.25. The molecule has 0 amide bonds. The van der Waals surface area contributed by atoms with E-state index in [1.54, 1.807) is 7.11 Å². The second-order valence-electron chi connectivity index (χ2n) is 8.23. The van der Waals surface area contributed by atoms with E-state index in [9.17, 15) is 10.2 Å². The van der Waals surface area contributed by atoms with E-state index in [-0.39, 0.29) is 19.3 Å². The third-order valence-electron chi connectivity index (χ3n) is 6.02. The van der Waals surface area contributed by atoms with Crippen molar-refractivity contribution >= 4 is 12.2 Å². The second kappa shape index (κ2) is 11.2. The van der Waals surface area contributed by atoms with E-state index >= 15 is 0 Å². The summed E-state index contributed by atoms with van der Waals surface area (Å²) in [5.41, 5.74) is 6.54. The number of fused-ring (bicyclic) bond motifs is 1. The van der Waals surface area contributed by atoms with Crippen LogP contribution in [0.25, 0.3) is 23.3 Å². The molecule has 0 unspecified atom stereocenters. The summed E-state index contributed by atoms with van der Waals surface area (Å²) in [7, 11) is 1.64. The standard InChI is InChI=1S/C28H31NO5/c1-19-21(4-3-5-25(19)22-10-11-26-28(15-22)34-13-12-33-26)8-6-20-7-9-23(27(14-20)32-2)16-29-24(17-30)18-31/h3-11,14-15,24,29-31H,12-13,16-18H2,1-2H3/b8-6+. The maximum absolute atomic E-state index is 9.25. The Labute approximate surface area is 200 Å². The molecule has 3 N–H and O–H groups in total. The molecule has 0 spiro atoms. The molecule has 1 aliphatic heterocycles. The topological polar surface area (TPSA) is 80.2 Å². The van der Waals surface area contributed by atoms with E-state index in [1.165, 1.54) is 5.56 Å². The van der Waals surface area contributed by atoms with Crippen LogP contribution in [0.1, 0.15) is 22.3 Å². The lowest BCUT2D eigenvalue weighted by Crippen LogP contribution is -2.35. The van der Waals surface area contributed by atoms with Crippen LogP contribution in [-0.2, 0) is 6.54 Å². The zero-order valence-corrected chi connectivity index (χ0v) is 19.6. The Morgan fingerprint density at radius 3 is 2.53 bits per heavy atom. The predicted octanol–water partition coefficient (Wildman–Crippen LogP) is 4.06. The average molecular weight is 462 g/mol. The highest BCUT2D eigenvalue weighted by Crippen LogP contribution is 2.36. The molecular weight excluding hydrogens is 430 g/mol. The van der Waals surface area contributed by atoms with Crippen LogP contribution in [0.2, 0.25) is 0 Å². The Bertz CT molecular complexity index is 1150. The molecule has 0 saturated carbocycles. The normalized spacial score (nSPS) is 13.0. The Morgan fingerprint density at radius 2 is 1.76 bits per heavy atom. The first-order valence-corrected chi connectivity index (χ1v) is 11.4. The molecule has 0 aromatic heterocycles. The van der Waals surface area contributed by atoms with E-state index in [4.69, 9.17) is 14.2 Å². The number of rotatable bonds is 9. The van der Waals surface area contributed by atoms with Crippen molar-refractivity contribution in [2.45, 2.75) is 19.5 Å². The molecule has 3 aromatic rings. The van der Waals surface area contributed by atoms with Gasteiger partial charge in [0.1, 0.15) is 19.0 Å². The fraction of sp³-hybridized carbons (Fsp3) is 0.286.